The van der Waals surface area contributed by atoms with Gasteiger partial charge in [0.25, 0.3) is 5.91 Å². The van der Waals surface area contributed by atoms with Gasteiger partial charge in [0.1, 0.15) is 0 Å². The summed E-state index contributed by atoms with van der Waals surface area (Å²) in [6.45, 7) is 3.04. The fourth-order valence-electron chi connectivity index (χ4n) is 2.48. The Hall–Kier alpha value is -2.83. The predicted molar refractivity (Wildman–Crippen MR) is 93.0 cm³/mol. The molecular weight excluding hydrogens is 345 g/mol. The number of para-hydroxylation sites is 1. The van der Waals surface area contributed by atoms with Gasteiger partial charge in [0.2, 0.25) is 5.91 Å². The third-order valence-corrected chi connectivity index (χ3v) is 3.82. The Balaban J connectivity index is 2.09. The number of hydrogen-bond donors (Lipinski definition) is 1. The molecule has 0 heterocycles. The van der Waals surface area contributed by atoms with Crippen LogP contribution in [-0.4, -0.2) is 24.9 Å². The van der Waals surface area contributed by atoms with Crippen molar-refractivity contribution in [2.45, 2.75) is 20.0 Å². The fourth-order valence-corrected chi connectivity index (χ4v) is 2.48. The lowest BCUT2D eigenvalue weighted by atomic mass is 10.1. The first-order valence-corrected chi connectivity index (χ1v) is 7.99. The molecule has 0 aromatic heterocycles. The minimum absolute atomic E-state index is 0.0263. The molecule has 0 saturated heterocycles. The zero-order chi connectivity index (χ0) is 19.3. The normalized spacial score (nSPS) is 11.1. The number of aryl methyl sites for hydroxylation is 1. The van der Waals surface area contributed by atoms with E-state index in [1.165, 1.54) is 25.1 Å². The molecule has 7 heteroatoms. The quantitative estimate of drug-likeness (QED) is 0.877. The van der Waals surface area contributed by atoms with Crippen LogP contribution >= 0.6 is 0 Å². The van der Waals surface area contributed by atoms with Crippen molar-refractivity contribution in [3.05, 3.63) is 65.2 Å². The highest BCUT2D eigenvalue weighted by atomic mass is 19.4. The Morgan fingerprint density at radius 3 is 2.23 bits per heavy atom. The number of hydrogen-bond acceptors (Lipinski definition) is 2. The molecule has 4 nitrogen and oxygen atoms in total. The molecule has 2 aromatic carbocycles. The largest absolute Gasteiger partial charge is 0.418 e. The van der Waals surface area contributed by atoms with Crippen LogP contribution in [0.25, 0.3) is 0 Å². The maximum absolute atomic E-state index is 13.2. The van der Waals surface area contributed by atoms with Crippen molar-refractivity contribution in [2.24, 2.45) is 0 Å². The maximum atomic E-state index is 13.2. The van der Waals surface area contributed by atoms with Crippen molar-refractivity contribution in [1.29, 1.82) is 0 Å². The smallest absolute Gasteiger partial charge is 0.350 e. The van der Waals surface area contributed by atoms with Crippen LogP contribution in [0, 0.1) is 6.92 Å². The number of amides is 2. The number of nitrogens with zero attached hydrogens (tertiary/aromatic N) is 1. The van der Waals surface area contributed by atoms with Crippen LogP contribution in [0.15, 0.2) is 48.5 Å². The number of rotatable bonds is 5. The molecule has 0 fully saturated rings. The lowest BCUT2D eigenvalue weighted by Crippen LogP contribution is -2.38. The number of nitrogens with one attached hydrogen (secondary N) is 1. The first kappa shape index (κ1) is 19.5. The van der Waals surface area contributed by atoms with Gasteiger partial charge in [-0.25, -0.2) is 0 Å². The zero-order valence-electron chi connectivity index (χ0n) is 14.4. The number of alkyl halides is 3. The molecular formula is C19H19F3N2O2. The average Bonchev–Trinajstić information content (AvgIpc) is 2.58. The maximum Gasteiger partial charge on any atom is 0.418 e. The predicted octanol–water partition coefficient (Wildman–Crippen LogP) is 3.80. The lowest BCUT2D eigenvalue weighted by molar-refractivity contribution is -0.137. The van der Waals surface area contributed by atoms with Crippen LogP contribution in [0.2, 0.25) is 0 Å². The standard InChI is InChI=1S/C19H19F3N2O2/c1-13-7-9-15(10-8-13)18(26)23-11-12-24(14(2)25)17-6-4-3-5-16(17)19(20,21)22/h3-10H,11-12H2,1-2H3,(H,23,26). The molecule has 0 unspecified atom stereocenters. The van der Waals surface area contributed by atoms with Gasteiger partial charge in [-0.15, -0.1) is 0 Å². The van der Waals surface area contributed by atoms with E-state index >= 15 is 0 Å². The molecule has 0 aliphatic heterocycles. The van der Waals surface area contributed by atoms with Crippen molar-refractivity contribution in [3.8, 4) is 0 Å². The van der Waals surface area contributed by atoms with Crippen molar-refractivity contribution >= 4 is 17.5 Å². The topological polar surface area (TPSA) is 49.4 Å². The van der Waals surface area contributed by atoms with Gasteiger partial charge in [-0.3, -0.25) is 9.59 Å². The second kappa shape index (κ2) is 8.03. The van der Waals surface area contributed by atoms with Crippen LogP contribution in [0.3, 0.4) is 0 Å². The third kappa shape index (κ3) is 4.84. The monoisotopic (exact) mass is 364 g/mol. The molecule has 2 amide bonds. The van der Waals surface area contributed by atoms with Gasteiger partial charge in [0.05, 0.1) is 11.3 Å². The van der Waals surface area contributed by atoms with Gasteiger partial charge in [-0.1, -0.05) is 29.8 Å². The van der Waals surface area contributed by atoms with Crippen molar-refractivity contribution in [3.63, 3.8) is 0 Å². The molecule has 1 N–H and O–H groups in total. The average molecular weight is 364 g/mol. The Bertz CT molecular complexity index is 786. The molecule has 0 bridgehead atoms. The summed E-state index contributed by atoms with van der Waals surface area (Å²) in [6.07, 6.45) is -4.57. The van der Waals surface area contributed by atoms with E-state index in [-0.39, 0.29) is 24.7 Å². The van der Waals surface area contributed by atoms with E-state index in [4.69, 9.17) is 0 Å². The number of benzene rings is 2. The Kier molecular flexibility index (Phi) is 6.02. The minimum Gasteiger partial charge on any atom is -0.350 e. The second-order valence-electron chi connectivity index (χ2n) is 5.81. The van der Waals surface area contributed by atoms with Gasteiger partial charge in [0, 0.05) is 25.6 Å². The van der Waals surface area contributed by atoms with E-state index in [0.29, 0.717) is 5.56 Å². The minimum atomic E-state index is -4.57. The number of carbonyl (C=O) groups is 2. The van der Waals surface area contributed by atoms with Crippen LogP contribution in [0.4, 0.5) is 18.9 Å². The summed E-state index contributed by atoms with van der Waals surface area (Å²) in [7, 11) is 0. The van der Waals surface area contributed by atoms with E-state index in [1.807, 2.05) is 6.92 Å². The fraction of sp³-hybridized carbons (Fsp3) is 0.263. The summed E-state index contributed by atoms with van der Waals surface area (Å²) in [6, 6.07) is 11.8. The number of halogens is 3. The van der Waals surface area contributed by atoms with Gasteiger partial charge in [-0.2, -0.15) is 13.2 Å². The molecule has 138 valence electrons. The van der Waals surface area contributed by atoms with E-state index in [2.05, 4.69) is 5.32 Å². The highest BCUT2D eigenvalue weighted by Crippen LogP contribution is 2.36. The van der Waals surface area contributed by atoms with Crippen LogP contribution in [0.5, 0.6) is 0 Å². The van der Waals surface area contributed by atoms with E-state index in [9.17, 15) is 22.8 Å². The molecule has 26 heavy (non-hydrogen) atoms. The molecule has 2 aromatic rings. The summed E-state index contributed by atoms with van der Waals surface area (Å²) in [5, 5.41) is 2.62. The lowest BCUT2D eigenvalue weighted by Gasteiger charge is -2.25. The summed E-state index contributed by atoms with van der Waals surface area (Å²) in [4.78, 5) is 24.9. The first-order valence-electron chi connectivity index (χ1n) is 7.99. The third-order valence-electron chi connectivity index (χ3n) is 3.82. The first-order chi connectivity index (χ1) is 12.2. The van der Waals surface area contributed by atoms with E-state index < -0.39 is 17.6 Å². The van der Waals surface area contributed by atoms with Gasteiger partial charge >= 0.3 is 6.18 Å². The number of anilines is 1. The molecule has 0 radical (unpaired) electrons. The van der Waals surface area contributed by atoms with Gasteiger partial charge < -0.3 is 10.2 Å². The van der Waals surface area contributed by atoms with Crippen molar-refractivity contribution in [1.82, 2.24) is 5.32 Å². The SMILES string of the molecule is CC(=O)N(CCNC(=O)c1ccc(C)cc1)c1ccccc1C(F)(F)F. The molecule has 0 saturated carbocycles. The van der Waals surface area contributed by atoms with Gasteiger partial charge in [0.15, 0.2) is 0 Å². The summed E-state index contributed by atoms with van der Waals surface area (Å²) in [5.41, 5.74) is 0.339. The van der Waals surface area contributed by atoms with E-state index in [1.54, 1.807) is 24.3 Å². The van der Waals surface area contributed by atoms with E-state index in [0.717, 1.165) is 16.5 Å². The Morgan fingerprint density at radius 1 is 1.04 bits per heavy atom. The molecule has 2 rings (SSSR count). The van der Waals surface area contributed by atoms with Crippen LogP contribution in [-0.2, 0) is 11.0 Å². The summed E-state index contributed by atoms with van der Waals surface area (Å²) < 4.78 is 39.5. The van der Waals surface area contributed by atoms with Crippen LogP contribution in [0.1, 0.15) is 28.4 Å². The highest BCUT2D eigenvalue weighted by molar-refractivity contribution is 5.95. The second-order valence-corrected chi connectivity index (χ2v) is 5.81. The van der Waals surface area contributed by atoms with Gasteiger partial charge in [-0.05, 0) is 31.2 Å². The van der Waals surface area contributed by atoms with Crippen molar-refractivity contribution in [2.75, 3.05) is 18.0 Å². The highest BCUT2D eigenvalue weighted by Gasteiger charge is 2.35. The Labute approximate surface area is 149 Å². The van der Waals surface area contributed by atoms with Crippen LogP contribution < -0.4 is 10.2 Å². The summed E-state index contributed by atoms with van der Waals surface area (Å²) in [5.74, 6) is -0.885. The zero-order valence-corrected chi connectivity index (χ0v) is 14.4. The summed E-state index contributed by atoms with van der Waals surface area (Å²) >= 11 is 0. The molecule has 0 spiro atoms. The molecule has 0 aliphatic rings. The number of carbonyl (C=O) groups excluding carboxylic acids is 2. The Morgan fingerprint density at radius 2 is 1.65 bits per heavy atom. The molecule has 0 aliphatic carbocycles. The molecule has 0 atom stereocenters. The van der Waals surface area contributed by atoms with Crippen molar-refractivity contribution < 1.29 is 22.8 Å².